The number of para-hydroxylation sites is 1. The zero-order chi connectivity index (χ0) is 21.7. The molecule has 160 valence electrons. The zero-order valence-corrected chi connectivity index (χ0v) is 19.1. The number of rotatable bonds is 6. The first-order valence-electron chi connectivity index (χ1n) is 9.70. The SMILES string of the molecule is CN(CC(=O)Nc1ccccc1Br)C(=O)c1ccccc1S(=O)(=O)N1CCCCC1. The number of nitrogens with zero attached hydrogens (tertiary/aromatic N) is 2. The first-order valence-corrected chi connectivity index (χ1v) is 11.9. The standard InChI is InChI=1S/C21H24BrN3O4S/c1-24(15-20(26)23-18-11-5-4-10-17(18)22)21(27)16-9-3-6-12-19(16)30(28,29)25-13-7-2-8-14-25/h3-6,9-12H,2,7-8,13-15H2,1H3,(H,23,26). The number of halogens is 1. The molecule has 7 nitrogen and oxygen atoms in total. The van der Waals surface area contributed by atoms with E-state index in [2.05, 4.69) is 21.2 Å². The molecule has 2 amide bonds. The van der Waals surface area contributed by atoms with Gasteiger partial charge in [0.05, 0.1) is 22.7 Å². The maximum atomic E-state index is 13.1. The molecular formula is C21H24BrN3O4S. The van der Waals surface area contributed by atoms with Crippen molar-refractivity contribution in [3.05, 3.63) is 58.6 Å². The van der Waals surface area contributed by atoms with Gasteiger partial charge in [0.1, 0.15) is 0 Å². The van der Waals surface area contributed by atoms with Crippen molar-refractivity contribution < 1.29 is 18.0 Å². The fourth-order valence-corrected chi connectivity index (χ4v) is 5.44. The highest BCUT2D eigenvalue weighted by Gasteiger charge is 2.30. The maximum absolute atomic E-state index is 13.1. The van der Waals surface area contributed by atoms with Gasteiger partial charge in [-0.1, -0.05) is 30.7 Å². The van der Waals surface area contributed by atoms with Crippen molar-refractivity contribution in [2.24, 2.45) is 0 Å². The lowest BCUT2D eigenvalue weighted by Gasteiger charge is -2.27. The second-order valence-corrected chi connectivity index (χ2v) is 9.91. The smallest absolute Gasteiger partial charge is 0.255 e. The fraction of sp³-hybridized carbons (Fsp3) is 0.333. The third-order valence-corrected chi connectivity index (χ3v) is 7.57. The molecule has 0 spiro atoms. The predicted molar refractivity (Wildman–Crippen MR) is 119 cm³/mol. The minimum absolute atomic E-state index is 0.0186. The first-order chi connectivity index (χ1) is 14.3. The molecule has 1 aliphatic rings. The van der Waals surface area contributed by atoms with Crippen molar-refractivity contribution in [3.63, 3.8) is 0 Å². The molecule has 1 saturated heterocycles. The zero-order valence-electron chi connectivity index (χ0n) is 16.7. The van der Waals surface area contributed by atoms with E-state index in [1.165, 1.54) is 28.4 Å². The third kappa shape index (κ3) is 5.08. The summed E-state index contributed by atoms with van der Waals surface area (Å²) in [6.45, 7) is 0.697. The van der Waals surface area contributed by atoms with E-state index >= 15 is 0 Å². The van der Waals surface area contributed by atoms with Crippen molar-refractivity contribution in [1.82, 2.24) is 9.21 Å². The number of carbonyl (C=O) groups excluding carboxylic acids is 2. The molecule has 0 unspecified atom stereocenters. The number of nitrogens with one attached hydrogen (secondary N) is 1. The molecule has 0 saturated carbocycles. The van der Waals surface area contributed by atoms with Crippen LogP contribution in [0.4, 0.5) is 5.69 Å². The first kappa shape index (κ1) is 22.5. The third-order valence-electron chi connectivity index (χ3n) is 4.93. The molecule has 1 heterocycles. The molecule has 1 aliphatic heterocycles. The lowest BCUT2D eigenvalue weighted by Crippen LogP contribution is -2.38. The fourth-order valence-electron chi connectivity index (χ4n) is 3.36. The van der Waals surface area contributed by atoms with Gasteiger partial charge in [-0.15, -0.1) is 0 Å². The van der Waals surface area contributed by atoms with Crippen molar-refractivity contribution >= 4 is 43.5 Å². The Kier molecular flexibility index (Phi) is 7.27. The van der Waals surface area contributed by atoms with Crippen LogP contribution < -0.4 is 5.32 Å². The number of benzene rings is 2. The molecule has 2 aromatic rings. The van der Waals surface area contributed by atoms with Crippen LogP contribution in [-0.2, 0) is 14.8 Å². The van der Waals surface area contributed by atoms with Gasteiger partial charge in [-0.25, -0.2) is 8.42 Å². The van der Waals surface area contributed by atoms with Gasteiger partial charge in [0.2, 0.25) is 15.9 Å². The van der Waals surface area contributed by atoms with Gasteiger partial charge in [0, 0.05) is 24.6 Å². The lowest BCUT2D eigenvalue weighted by atomic mass is 10.2. The van der Waals surface area contributed by atoms with Crippen molar-refractivity contribution in [3.8, 4) is 0 Å². The Morgan fingerprint density at radius 2 is 1.67 bits per heavy atom. The summed E-state index contributed by atoms with van der Waals surface area (Å²) in [6, 6.07) is 13.3. The summed E-state index contributed by atoms with van der Waals surface area (Å²) in [5.74, 6) is -0.900. The van der Waals surface area contributed by atoms with Crippen LogP contribution in [0, 0.1) is 0 Å². The molecule has 0 bridgehead atoms. The van der Waals surface area contributed by atoms with Crippen LogP contribution in [0.2, 0.25) is 0 Å². The second-order valence-electron chi connectivity index (χ2n) is 7.15. The largest absolute Gasteiger partial charge is 0.332 e. The van der Waals surface area contributed by atoms with E-state index in [4.69, 9.17) is 0 Å². The molecule has 1 N–H and O–H groups in total. The van der Waals surface area contributed by atoms with Crippen LogP contribution in [0.1, 0.15) is 29.6 Å². The Balaban J connectivity index is 1.76. The second kappa shape index (κ2) is 9.72. The van der Waals surface area contributed by atoms with Gasteiger partial charge in [0.25, 0.3) is 5.91 Å². The normalized spacial score (nSPS) is 14.9. The average molecular weight is 494 g/mol. The average Bonchev–Trinajstić information content (AvgIpc) is 2.75. The Morgan fingerprint density at radius 3 is 2.37 bits per heavy atom. The minimum atomic E-state index is -3.77. The number of hydrogen-bond acceptors (Lipinski definition) is 4. The summed E-state index contributed by atoms with van der Waals surface area (Å²) in [5, 5.41) is 2.74. The molecule has 0 radical (unpaired) electrons. The number of piperidine rings is 1. The highest BCUT2D eigenvalue weighted by atomic mass is 79.9. The van der Waals surface area contributed by atoms with Gasteiger partial charge in [-0.2, -0.15) is 4.31 Å². The summed E-state index contributed by atoms with van der Waals surface area (Å²) in [6.07, 6.45) is 2.62. The van der Waals surface area contributed by atoms with Gasteiger partial charge in [0.15, 0.2) is 0 Å². The molecule has 2 aromatic carbocycles. The number of carbonyl (C=O) groups is 2. The van der Waals surface area contributed by atoms with E-state index in [1.54, 1.807) is 30.3 Å². The minimum Gasteiger partial charge on any atom is -0.332 e. The number of hydrogen-bond donors (Lipinski definition) is 1. The number of anilines is 1. The number of sulfonamides is 1. The van der Waals surface area contributed by atoms with Crippen molar-refractivity contribution in [2.45, 2.75) is 24.2 Å². The summed E-state index contributed by atoms with van der Waals surface area (Å²) >= 11 is 3.36. The summed E-state index contributed by atoms with van der Waals surface area (Å²) in [4.78, 5) is 26.6. The van der Waals surface area contributed by atoms with Crippen LogP contribution in [0.25, 0.3) is 0 Å². The molecule has 3 rings (SSSR count). The Bertz CT molecular complexity index is 1040. The van der Waals surface area contributed by atoms with Gasteiger partial charge < -0.3 is 10.2 Å². The monoisotopic (exact) mass is 493 g/mol. The van der Waals surface area contributed by atoms with Gasteiger partial charge in [-0.3, -0.25) is 9.59 Å². The molecule has 9 heteroatoms. The molecule has 30 heavy (non-hydrogen) atoms. The van der Waals surface area contributed by atoms with E-state index in [0.29, 0.717) is 18.8 Å². The van der Waals surface area contributed by atoms with E-state index in [-0.39, 0.29) is 22.9 Å². The van der Waals surface area contributed by atoms with E-state index in [0.717, 1.165) is 23.7 Å². The predicted octanol–water partition coefficient (Wildman–Crippen LogP) is 3.33. The Labute approximate surface area is 185 Å². The molecule has 0 aliphatic carbocycles. The molecular weight excluding hydrogens is 470 g/mol. The number of amides is 2. The Morgan fingerprint density at radius 1 is 1.03 bits per heavy atom. The highest BCUT2D eigenvalue weighted by molar-refractivity contribution is 9.10. The van der Waals surface area contributed by atoms with Gasteiger partial charge in [-0.05, 0) is 53.0 Å². The molecule has 0 aromatic heterocycles. The topological polar surface area (TPSA) is 86.8 Å². The lowest BCUT2D eigenvalue weighted by molar-refractivity contribution is -0.116. The maximum Gasteiger partial charge on any atom is 0.255 e. The molecule has 1 fully saturated rings. The van der Waals surface area contributed by atoms with Crippen molar-refractivity contribution in [1.29, 1.82) is 0 Å². The van der Waals surface area contributed by atoms with E-state index in [1.807, 2.05) is 6.07 Å². The quantitative estimate of drug-likeness (QED) is 0.668. The van der Waals surface area contributed by atoms with Crippen LogP contribution in [-0.4, -0.2) is 56.1 Å². The van der Waals surface area contributed by atoms with Crippen LogP contribution in [0.5, 0.6) is 0 Å². The number of likely N-dealkylation sites (N-methyl/N-ethyl adjacent to an activating group) is 1. The van der Waals surface area contributed by atoms with E-state index < -0.39 is 15.9 Å². The Hall–Kier alpha value is -2.23. The summed E-state index contributed by atoms with van der Waals surface area (Å²) < 4.78 is 28.4. The van der Waals surface area contributed by atoms with Crippen molar-refractivity contribution in [2.75, 3.05) is 32.0 Å². The molecule has 0 atom stereocenters. The van der Waals surface area contributed by atoms with Crippen LogP contribution in [0.15, 0.2) is 57.9 Å². The van der Waals surface area contributed by atoms with E-state index in [9.17, 15) is 18.0 Å². The summed E-state index contributed by atoms with van der Waals surface area (Å²) in [7, 11) is -2.30. The van der Waals surface area contributed by atoms with Crippen LogP contribution in [0.3, 0.4) is 0 Å². The summed E-state index contributed by atoms with van der Waals surface area (Å²) in [5.41, 5.74) is 0.663. The highest BCUT2D eigenvalue weighted by Crippen LogP contribution is 2.25. The van der Waals surface area contributed by atoms with Gasteiger partial charge >= 0.3 is 0 Å². The van der Waals surface area contributed by atoms with Crippen LogP contribution >= 0.6 is 15.9 Å².